The van der Waals surface area contributed by atoms with Crippen LogP contribution in [0, 0.1) is 0 Å². The number of para-hydroxylation sites is 1. The molecule has 36 heavy (non-hydrogen) atoms. The minimum Gasteiger partial charge on any atom is -0.545 e. The van der Waals surface area contributed by atoms with Crippen LogP contribution in [0.1, 0.15) is 28.4 Å². The second kappa shape index (κ2) is 10.6. The van der Waals surface area contributed by atoms with Crippen LogP contribution in [0.3, 0.4) is 0 Å². The van der Waals surface area contributed by atoms with Gasteiger partial charge in [0.25, 0.3) is 11.8 Å². The number of carbonyl (C=O) groups is 4. The molecule has 0 spiro atoms. The Hall–Kier alpha value is -4.92. The number of urea groups is 1. The molecule has 1 aliphatic rings. The van der Waals surface area contributed by atoms with Crippen LogP contribution in [0.15, 0.2) is 78.4 Å². The maximum atomic E-state index is 13.0. The zero-order chi connectivity index (χ0) is 25.7. The van der Waals surface area contributed by atoms with Crippen molar-refractivity contribution in [1.82, 2.24) is 5.32 Å². The molecule has 0 saturated carbocycles. The van der Waals surface area contributed by atoms with Gasteiger partial charge in [0.05, 0.1) is 18.3 Å². The van der Waals surface area contributed by atoms with Gasteiger partial charge in [0.15, 0.2) is 11.5 Å². The third kappa shape index (κ3) is 5.25. The van der Waals surface area contributed by atoms with E-state index >= 15 is 0 Å². The van der Waals surface area contributed by atoms with Crippen molar-refractivity contribution in [2.24, 2.45) is 0 Å². The van der Waals surface area contributed by atoms with Crippen molar-refractivity contribution in [3.63, 3.8) is 0 Å². The third-order valence-corrected chi connectivity index (χ3v) is 5.28. The number of carboxylic acid groups (broad SMARTS) is 1. The van der Waals surface area contributed by atoms with Crippen LogP contribution in [-0.2, 0) is 16.2 Å². The Balaban J connectivity index is 1.57. The number of carboxylic acids is 1. The van der Waals surface area contributed by atoms with Gasteiger partial charge < -0.3 is 19.4 Å². The number of benzene rings is 3. The predicted octanol–water partition coefficient (Wildman–Crippen LogP) is 2.69. The lowest BCUT2D eigenvalue weighted by molar-refractivity contribution is -0.255. The van der Waals surface area contributed by atoms with E-state index in [-0.39, 0.29) is 17.7 Å². The molecular formula is C27H21N2O7-. The average molecular weight is 485 g/mol. The van der Waals surface area contributed by atoms with Gasteiger partial charge in [-0.2, -0.15) is 0 Å². The van der Waals surface area contributed by atoms with Gasteiger partial charge >= 0.3 is 6.03 Å². The summed E-state index contributed by atoms with van der Waals surface area (Å²) in [5.41, 5.74) is 1.43. The van der Waals surface area contributed by atoms with Crippen molar-refractivity contribution in [1.29, 1.82) is 0 Å². The Bertz CT molecular complexity index is 1350. The lowest BCUT2D eigenvalue weighted by atomic mass is 10.1. The van der Waals surface area contributed by atoms with E-state index in [2.05, 4.69) is 5.32 Å². The number of nitrogens with zero attached hydrogens (tertiary/aromatic N) is 1. The number of barbiturate groups is 1. The van der Waals surface area contributed by atoms with E-state index in [1.807, 2.05) is 0 Å². The molecule has 1 N–H and O–H groups in total. The number of hydrogen-bond donors (Lipinski definition) is 1. The summed E-state index contributed by atoms with van der Waals surface area (Å²) in [4.78, 5) is 49.6. The van der Waals surface area contributed by atoms with Crippen LogP contribution in [0.4, 0.5) is 10.5 Å². The van der Waals surface area contributed by atoms with Gasteiger partial charge in [-0.3, -0.25) is 14.9 Å². The van der Waals surface area contributed by atoms with E-state index in [4.69, 9.17) is 9.47 Å². The molecule has 0 aliphatic carbocycles. The quantitative estimate of drug-likeness (QED) is 0.384. The molecule has 0 radical (unpaired) electrons. The average Bonchev–Trinajstić information content (AvgIpc) is 2.87. The van der Waals surface area contributed by atoms with Crippen molar-refractivity contribution in [2.45, 2.75) is 13.5 Å². The highest BCUT2D eigenvalue weighted by molar-refractivity contribution is 6.39. The van der Waals surface area contributed by atoms with Crippen LogP contribution in [0.5, 0.6) is 11.5 Å². The van der Waals surface area contributed by atoms with Gasteiger partial charge in [-0.1, -0.05) is 48.5 Å². The largest absolute Gasteiger partial charge is 0.545 e. The van der Waals surface area contributed by atoms with Crippen molar-refractivity contribution < 1.29 is 33.8 Å². The van der Waals surface area contributed by atoms with Crippen LogP contribution >= 0.6 is 0 Å². The van der Waals surface area contributed by atoms with Crippen molar-refractivity contribution in [3.05, 3.63) is 95.1 Å². The van der Waals surface area contributed by atoms with Gasteiger partial charge in [-0.05, 0) is 54.0 Å². The molecular weight excluding hydrogens is 464 g/mol. The SMILES string of the molecule is CCOc1cc(/C=C2/C(=O)NC(=O)N(c3ccccc3)C2=O)ccc1OCc1ccc(C(=O)[O-])cc1. The highest BCUT2D eigenvalue weighted by Gasteiger charge is 2.36. The summed E-state index contributed by atoms with van der Waals surface area (Å²) in [5, 5.41) is 13.1. The number of carbonyl (C=O) groups excluding carboxylic acids is 4. The molecule has 1 saturated heterocycles. The summed E-state index contributed by atoms with van der Waals surface area (Å²) in [5.74, 6) is -1.99. The Labute approximate surface area is 206 Å². The Kier molecular flexibility index (Phi) is 7.10. The molecule has 4 amide bonds. The van der Waals surface area contributed by atoms with Gasteiger partial charge in [-0.15, -0.1) is 0 Å². The maximum Gasteiger partial charge on any atom is 0.335 e. The van der Waals surface area contributed by atoms with E-state index < -0.39 is 23.8 Å². The molecule has 0 unspecified atom stereocenters. The first kappa shape index (κ1) is 24.2. The molecule has 9 nitrogen and oxygen atoms in total. The molecule has 1 heterocycles. The van der Waals surface area contributed by atoms with Gasteiger partial charge in [-0.25, -0.2) is 9.69 Å². The molecule has 4 rings (SSSR count). The smallest absolute Gasteiger partial charge is 0.335 e. The fourth-order valence-electron chi connectivity index (χ4n) is 3.54. The van der Waals surface area contributed by atoms with Crippen molar-refractivity contribution in [3.8, 4) is 11.5 Å². The van der Waals surface area contributed by atoms with Gasteiger partial charge in [0, 0.05) is 0 Å². The fourth-order valence-corrected chi connectivity index (χ4v) is 3.54. The summed E-state index contributed by atoms with van der Waals surface area (Å²) < 4.78 is 11.5. The van der Waals surface area contributed by atoms with Crippen molar-refractivity contribution in [2.75, 3.05) is 11.5 Å². The zero-order valence-electron chi connectivity index (χ0n) is 19.2. The van der Waals surface area contributed by atoms with Crippen LogP contribution in [-0.4, -0.2) is 30.4 Å². The van der Waals surface area contributed by atoms with E-state index in [0.29, 0.717) is 29.4 Å². The number of amides is 4. The van der Waals surface area contributed by atoms with Crippen molar-refractivity contribution >= 4 is 35.6 Å². The molecule has 0 bridgehead atoms. The van der Waals surface area contributed by atoms with Gasteiger partial charge in [0.2, 0.25) is 0 Å². The first-order chi connectivity index (χ1) is 17.4. The number of ether oxygens (including phenoxy) is 2. The first-order valence-corrected chi connectivity index (χ1v) is 11.0. The molecule has 182 valence electrons. The third-order valence-electron chi connectivity index (χ3n) is 5.28. The minimum absolute atomic E-state index is 0.0694. The number of hydrogen-bond acceptors (Lipinski definition) is 7. The van der Waals surface area contributed by atoms with E-state index in [1.54, 1.807) is 67.6 Å². The van der Waals surface area contributed by atoms with Gasteiger partial charge in [0.1, 0.15) is 12.2 Å². The summed E-state index contributed by atoms with van der Waals surface area (Å²) >= 11 is 0. The Morgan fingerprint density at radius 3 is 2.33 bits per heavy atom. The summed E-state index contributed by atoms with van der Waals surface area (Å²) in [6.45, 7) is 2.30. The first-order valence-electron chi connectivity index (χ1n) is 11.0. The minimum atomic E-state index is -1.26. The van der Waals surface area contributed by atoms with Crippen LogP contribution in [0.25, 0.3) is 6.08 Å². The standard InChI is InChI=1S/C27H22N2O7/c1-2-35-23-15-18(10-13-22(23)36-16-17-8-11-19(12-9-17)26(32)33)14-21-24(30)28-27(34)29(25(21)31)20-6-4-3-5-7-20/h3-15H,2,16H2,1H3,(H,32,33)(H,28,30,34)/p-1/b21-14-. The predicted molar refractivity (Wildman–Crippen MR) is 128 cm³/mol. The van der Waals surface area contributed by atoms with E-state index in [0.717, 1.165) is 10.5 Å². The monoisotopic (exact) mass is 485 g/mol. The number of imide groups is 2. The lowest BCUT2D eigenvalue weighted by Crippen LogP contribution is -2.54. The summed E-state index contributed by atoms with van der Waals surface area (Å²) in [7, 11) is 0. The number of aromatic carboxylic acids is 1. The second-order valence-corrected chi connectivity index (χ2v) is 7.71. The number of nitrogens with one attached hydrogen (secondary N) is 1. The number of rotatable bonds is 8. The highest BCUT2D eigenvalue weighted by atomic mass is 16.5. The zero-order valence-corrected chi connectivity index (χ0v) is 19.2. The second-order valence-electron chi connectivity index (χ2n) is 7.71. The molecule has 1 fully saturated rings. The highest BCUT2D eigenvalue weighted by Crippen LogP contribution is 2.31. The summed E-state index contributed by atoms with van der Waals surface area (Å²) in [6.07, 6.45) is 1.38. The fraction of sp³-hybridized carbons (Fsp3) is 0.111. The molecule has 3 aromatic rings. The summed E-state index contributed by atoms with van der Waals surface area (Å²) in [6, 6.07) is 18.5. The van der Waals surface area contributed by atoms with E-state index in [9.17, 15) is 24.3 Å². The Morgan fingerprint density at radius 1 is 0.944 bits per heavy atom. The molecule has 0 atom stereocenters. The normalized spacial score (nSPS) is 14.5. The maximum absolute atomic E-state index is 13.0. The molecule has 0 aromatic heterocycles. The Morgan fingerprint density at radius 2 is 1.67 bits per heavy atom. The van der Waals surface area contributed by atoms with E-state index in [1.165, 1.54) is 18.2 Å². The molecule has 3 aromatic carbocycles. The topological polar surface area (TPSA) is 125 Å². The molecule has 1 aliphatic heterocycles. The molecule has 9 heteroatoms. The lowest BCUT2D eigenvalue weighted by Gasteiger charge is -2.26. The van der Waals surface area contributed by atoms with Crippen LogP contribution < -0.4 is 24.8 Å². The number of anilines is 1. The van der Waals surface area contributed by atoms with Crippen LogP contribution in [0.2, 0.25) is 0 Å².